The van der Waals surface area contributed by atoms with Gasteiger partial charge in [-0.3, -0.25) is 9.48 Å². The highest BCUT2D eigenvalue weighted by Gasteiger charge is 2.18. The van der Waals surface area contributed by atoms with Gasteiger partial charge in [0.1, 0.15) is 5.75 Å². The maximum absolute atomic E-state index is 12.8. The summed E-state index contributed by atoms with van der Waals surface area (Å²) < 4.78 is 9.19. The number of halogens is 1. The highest BCUT2D eigenvalue weighted by Crippen LogP contribution is 2.22. The molecular weight excluding hydrogens is 426 g/mol. The Morgan fingerprint density at radius 3 is 2.50 bits per heavy atom. The summed E-state index contributed by atoms with van der Waals surface area (Å²) in [5.74, 6) is 0.531. The first-order valence-electron chi connectivity index (χ1n) is 10.3. The van der Waals surface area contributed by atoms with Crippen LogP contribution >= 0.6 is 11.6 Å². The Labute approximate surface area is 191 Å². The second-order valence-corrected chi connectivity index (χ2v) is 7.73. The number of aromatic nitrogens is 4. The lowest BCUT2D eigenvalue weighted by atomic mass is 10.1. The van der Waals surface area contributed by atoms with E-state index >= 15 is 0 Å². The minimum absolute atomic E-state index is 0.198. The van der Waals surface area contributed by atoms with Gasteiger partial charge in [0.2, 0.25) is 0 Å². The lowest BCUT2D eigenvalue weighted by Gasteiger charge is -2.17. The van der Waals surface area contributed by atoms with Crippen LogP contribution < -0.4 is 4.74 Å². The van der Waals surface area contributed by atoms with Gasteiger partial charge in [0.25, 0.3) is 5.91 Å². The van der Waals surface area contributed by atoms with Gasteiger partial charge in [0.15, 0.2) is 12.4 Å². The van der Waals surface area contributed by atoms with Crippen molar-refractivity contribution in [2.24, 2.45) is 0 Å². The van der Waals surface area contributed by atoms with E-state index in [-0.39, 0.29) is 12.6 Å². The van der Waals surface area contributed by atoms with Crippen LogP contribution in [0.4, 0.5) is 0 Å². The molecule has 0 N–H and O–H groups in total. The van der Waals surface area contributed by atoms with Gasteiger partial charge in [-0.2, -0.15) is 10.2 Å². The molecule has 0 saturated heterocycles. The van der Waals surface area contributed by atoms with E-state index in [2.05, 4.69) is 22.3 Å². The van der Waals surface area contributed by atoms with Crippen molar-refractivity contribution in [1.82, 2.24) is 24.5 Å². The Morgan fingerprint density at radius 2 is 1.78 bits per heavy atom. The van der Waals surface area contributed by atoms with E-state index in [0.717, 1.165) is 22.6 Å². The van der Waals surface area contributed by atoms with Crippen LogP contribution in [0.1, 0.15) is 23.1 Å². The number of ether oxygens (including phenoxy) is 1. The summed E-state index contributed by atoms with van der Waals surface area (Å²) in [5, 5.41) is 9.11. The number of benzene rings is 2. The summed E-state index contributed by atoms with van der Waals surface area (Å²) >= 11 is 6.21. The van der Waals surface area contributed by atoms with Gasteiger partial charge in [-0.05, 0) is 36.2 Å². The standard InChI is InChI=1S/C24H24ClN5O2/c1-3-30-23(21(25)15-26-30)16-28(2)24(31)22-13-14-29(27-22)17-32-20-11-9-19(10-12-20)18-7-5-4-6-8-18/h4-15H,3,16-17H2,1-2H3. The minimum atomic E-state index is -0.198. The summed E-state index contributed by atoms with van der Waals surface area (Å²) in [6, 6.07) is 19.7. The molecule has 0 aliphatic heterocycles. The molecular formula is C24H24ClN5O2. The van der Waals surface area contributed by atoms with Crippen molar-refractivity contribution < 1.29 is 9.53 Å². The molecule has 0 atom stereocenters. The largest absolute Gasteiger partial charge is 0.471 e. The predicted molar refractivity (Wildman–Crippen MR) is 123 cm³/mol. The monoisotopic (exact) mass is 449 g/mol. The number of amides is 1. The maximum Gasteiger partial charge on any atom is 0.274 e. The van der Waals surface area contributed by atoms with Crippen LogP contribution in [0.25, 0.3) is 11.1 Å². The summed E-state index contributed by atoms with van der Waals surface area (Å²) in [5.41, 5.74) is 3.42. The molecule has 0 spiro atoms. The van der Waals surface area contributed by atoms with E-state index in [1.54, 1.807) is 39.8 Å². The minimum Gasteiger partial charge on any atom is -0.471 e. The van der Waals surface area contributed by atoms with Crippen molar-refractivity contribution in [2.45, 2.75) is 26.7 Å². The third kappa shape index (κ3) is 4.84. The molecule has 7 nitrogen and oxygen atoms in total. The zero-order valence-electron chi connectivity index (χ0n) is 18.0. The number of hydrogen-bond acceptors (Lipinski definition) is 4. The van der Waals surface area contributed by atoms with Crippen LogP contribution in [0.15, 0.2) is 73.1 Å². The summed E-state index contributed by atoms with van der Waals surface area (Å²) in [4.78, 5) is 14.4. The van der Waals surface area contributed by atoms with Gasteiger partial charge < -0.3 is 9.64 Å². The number of rotatable bonds is 8. The molecule has 1 amide bonds. The van der Waals surface area contributed by atoms with Gasteiger partial charge in [0.05, 0.1) is 23.5 Å². The number of nitrogens with zero attached hydrogens (tertiary/aromatic N) is 5. The van der Waals surface area contributed by atoms with Crippen LogP contribution in [-0.2, 0) is 19.8 Å². The molecule has 0 aliphatic carbocycles. The Kier molecular flexibility index (Phi) is 6.56. The molecule has 2 aromatic heterocycles. The Hall–Kier alpha value is -3.58. The van der Waals surface area contributed by atoms with E-state index in [4.69, 9.17) is 16.3 Å². The third-order valence-electron chi connectivity index (χ3n) is 5.12. The molecule has 4 aromatic rings. The van der Waals surface area contributed by atoms with E-state index in [1.165, 1.54) is 0 Å². The molecule has 0 radical (unpaired) electrons. The molecule has 2 aromatic carbocycles. The second-order valence-electron chi connectivity index (χ2n) is 7.32. The quantitative estimate of drug-likeness (QED) is 0.390. The zero-order chi connectivity index (χ0) is 22.5. The van der Waals surface area contributed by atoms with Crippen molar-refractivity contribution in [1.29, 1.82) is 0 Å². The molecule has 0 saturated carbocycles. The fourth-order valence-electron chi connectivity index (χ4n) is 3.37. The number of carbonyl (C=O) groups excluding carboxylic acids is 1. The zero-order valence-corrected chi connectivity index (χ0v) is 18.7. The maximum atomic E-state index is 12.8. The SMILES string of the molecule is CCn1ncc(Cl)c1CN(C)C(=O)c1ccn(COc2ccc(-c3ccccc3)cc2)n1. The van der Waals surface area contributed by atoms with Crippen molar-refractivity contribution in [3.63, 3.8) is 0 Å². The Morgan fingerprint density at radius 1 is 1.06 bits per heavy atom. The average Bonchev–Trinajstić information content (AvgIpc) is 3.45. The lowest BCUT2D eigenvalue weighted by molar-refractivity contribution is 0.0773. The molecule has 0 bridgehead atoms. The Balaban J connectivity index is 1.35. The van der Waals surface area contributed by atoms with Crippen molar-refractivity contribution in [2.75, 3.05) is 7.05 Å². The first-order chi connectivity index (χ1) is 15.5. The van der Waals surface area contributed by atoms with E-state index in [1.807, 2.05) is 49.4 Å². The van der Waals surface area contributed by atoms with Crippen molar-refractivity contribution >= 4 is 17.5 Å². The smallest absolute Gasteiger partial charge is 0.274 e. The van der Waals surface area contributed by atoms with Crippen molar-refractivity contribution in [3.05, 3.63) is 89.5 Å². The summed E-state index contributed by atoms with van der Waals surface area (Å²) in [7, 11) is 1.72. The second kappa shape index (κ2) is 9.70. The predicted octanol–water partition coefficient (Wildman–Crippen LogP) is 4.73. The molecule has 32 heavy (non-hydrogen) atoms. The number of hydrogen-bond donors (Lipinski definition) is 0. The highest BCUT2D eigenvalue weighted by molar-refractivity contribution is 6.31. The third-order valence-corrected chi connectivity index (χ3v) is 5.43. The first kappa shape index (κ1) is 21.6. The summed E-state index contributed by atoms with van der Waals surface area (Å²) in [6.07, 6.45) is 3.32. The Bertz CT molecular complexity index is 1180. The first-order valence-corrected chi connectivity index (χ1v) is 10.7. The van der Waals surface area contributed by atoms with Gasteiger partial charge in [0, 0.05) is 19.8 Å². The molecule has 4 rings (SSSR count). The molecule has 0 aliphatic rings. The van der Waals surface area contributed by atoms with Crippen LogP contribution in [0.3, 0.4) is 0 Å². The molecule has 164 valence electrons. The van der Waals surface area contributed by atoms with Gasteiger partial charge in [-0.25, -0.2) is 4.68 Å². The normalized spacial score (nSPS) is 10.8. The van der Waals surface area contributed by atoms with Crippen LogP contribution in [0, 0.1) is 0 Å². The van der Waals surface area contributed by atoms with Crippen molar-refractivity contribution in [3.8, 4) is 16.9 Å². The van der Waals surface area contributed by atoms with Gasteiger partial charge >= 0.3 is 0 Å². The van der Waals surface area contributed by atoms with Gasteiger partial charge in [-0.15, -0.1) is 0 Å². The van der Waals surface area contributed by atoms with E-state index < -0.39 is 0 Å². The summed E-state index contributed by atoms with van der Waals surface area (Å²) in [6.45, 7) is 3.21. The average molecular weight is 450 g/mol. The fourth-order valence-corrected chi connectivity index (χ4v) is 3.57. The van der Waals surface area contributed by atoms with E-state index in [0.29, 0.717) is 23.8 Å². The topological polar surface area (TPSA) is 65.2 Å². The molecule has 0 unspecified atom stereocenters. The fraction of sp³-hybridized carbons (Fsp3) is 0.208. The lowest BCUT2D eigenvalue weighted by Crippen LogP contribution is -2.28. The highest BCUT2D eigenvalue weighted by atomic mass is 35.5. The molecule has 2 heterocycles. The number of carbonyl (C=O) groups is 1. The van der Waals surface area contributed by atoms with Crippen LogP contribution in [-0.4, -0.2) is 37.4 Å². The number of aryl methyl sites for hydroxylation is 1. The molecule has 0 fully saturated rings. The van der Waals surface area contributed by atoms with Gasteiger partial charge in [-0.1, -0.05) is 54.1 Å². The van der Waals surface area contributed by atoms with Crippen LogP contribution in [0.5, 0.6) is 5.75 Å². The van der Waals surface area contributed by atoms with E-state index in [9.17, 15) is 4.79 Å². The van der Waals surface area contributed by atoms with Crippen LogP contribution in [0.2, 0.25) is 5.02 Å². The molecule has 8 heteroatoms.